The summed E-state index contributed by atoms with van der Waals surface area (Å²) in [5.41, 5.74) is 1.66. The first-order valence-corrected chi connectivity index (χ1v) is 13.1. The van der Waals surface area contributed by atoms with Crippen LogP contribution in [0.3, 0.4) is 0 Å². The summed E-state index contributed by atoms with van der Waals surface area (Å²) in [4.78, 5) is 12.7. The number of nitrogens with one attached hydrogen (secondary N) is 1. The molecule has 1 N–H and O–H groups in total. The van der Waals surface area contributed by atoms with Gasteiger partial charge in [-0.1, -0.05) is 64.5 Å². The van der Waals surface area contributed by atoms with Crippen LogP contribution in [0.4, 0.5) is 5.69 Å². The minimum absolute atomic E-state index is 0.150. The topological polar surface area (TPSA) is 66.5 Å². The van der Waals surface area contributed by atoms with Crippen molar-refractivity contribution in [1.82, 2.24) is 5.32 Å². The van der Waals surface area contributed by atoms with Crippen LogP contribution in [-0.2, 0) is 20.6 Å². The Hall–Kier alpha value is -2.29. The first-order valence-electron chi connectivity index (χ1n) is 9.68. The molecule has 0 atom stereocenters. The maximum Gasteiger partial charge on any atom is 0.264 e. The number of rotatable bonds is 10. The Morgan fingerprint density at radius 2 is 1.52 bits per heavy atom. The smallest absolute Gasteiger partial charge is 0.264 e. The minimum atomic E-state index is -3.86. The van der Waals surface area contributed by atoms with Crippen LogP contribution in [0.15, 0.2) is 94.3 Å². The van der Waals surface area contributed by atoms with Gasteiger partial charge in [0.2, 0.25) is 5.91 Å². The van der Waals surface area contributed by atoms with Gasteiger partial charge in [-0.25, -0.2) is 8.42 Å². The van der Waals surface area contributed by atoms with E-state index >= 15 is 0 Å². The van der Waals surface area contributed by atoms with Gasteiger partial charge in [-0.15, -0.1) is 0 Å². The number of benzene rings is 3. The lowest BCUT2D eigenvalue weighted by Crippen LogP contribution is -2.41. The number of anilines is 1. The van der Waals surface area contributed by atoms with Crippen LogP contribution >= 0.6 is 27.7 Å². The molecule has 162 valence electrons. The van der Waals surface area contributed by atoms with Crippen molar-refractivity contribution in [2.75, 3.05) is 23.1 Å². The van der Waals surface area contributed by atoms with Crippen molar-refractivity contribution in [3.05, 3.63) is 95.0 Å². The Balaban J connectivity index is 1.58. The second-order valence-corrected chi connectivity index (χ2v) is 10.6. The predicted octanol–water partition coefficient (Wildman–Crippen LogP) is 4.69. The fourth-order valence-corrected chi connectivity index (χ4v) is 5.37. The summed E-state index contributed by atoms with van der Waals surface area (Å²) in [6.45, 7) is 0.187. The predicted molar refractivity (Wildman–Crippen MR) is 131 cm³/mol. The van der Waals surface area contributed by atoms with Gasteiger partial charge < -0.3 is 5.32 Å². The van der Waals surface area contributed by atoms with E-state index in [0.717, 1.165) is 20.3 Å². The highest BCUT2D eigenvalue weighted by molar-refractivity contribution is 9.10. The molecule has 0 heterocycles. The van der Waals surface area contributed by atoms with Crippen molar-refractivity contribution in [3.63, 3.8) is 0 Å². The molecule has 0 radical (unpaired) electrons. The standard InChI is InChI=1S/C23H23BrN2O3S2/c24-20-13-11-19(12-14-20)18-30-16-15-25-23(27)17-26(21-7-3-1-4-8-21)31(28,29)22-9-5-2-6-10-22/h1-14H,15-18H2,(H,25,27). The average molecular weight is 519 g/mol. The summed E-state index contributed by atoms with van der Waals surface area (Å²) in [5.74, 6) is 1.24. The maximum absolute atomic E-state index is 13.2. The van der Waals surface area contributed by atoms with Gasteiger partial charge in [0, 0.05) is 22.5 Å². The highest BCUT2D eigenvalue weighted by Gasteiger charge is 2.26. The van der Waals surface area contributed by atoms with Crippen molar-refractivity contribution in [2.24, 2.45) is 0 Å². The molecule has 0 spiro atoms. The monoisotopic (exact) mass is 518 g/mol. The first-order chi connectivity index (χ1) is 15.0. The molecule has 0 unspecified atom stereocenters. The summed E-state index contributed by atoms with van der Waals surface area (Å²) in [7, 11) is -3.86. The number of thioether (sulfide) groups is 1. The Kier molecular flexibility index (Phi) is 8.57. The lowest BCUT2D eigenvalue weighted by atomic mass is 10.2. The van der Waals surface area contributed by atoms with Gasteiger partial charge in [-0.2, -0.15) is 11.8 Å². The Morgan fingerprint density at radius 3 is 2.16 bits per heavy atom. The number of halogens is 1. The number of carbonyl (C=O) groups excluding carboxylic acids is 1. The van der Waals surface area contributed by atoms with E-state index in [1.807, 2.05) is 12.1 Å². The Bertz CT molecular complexity index is 1080. The number of para-hydroxylation sites is 1. The molecule has 0 aliphatic heterocycles. The molecule has 31 heavy (non-hydrogen) atoms. The molecular formula is C23H23BrN2O3S2. The zero-order valence-electron chi connectivity index (χ0n) is 16.8. The van der Waals surface area contributed by atoms with Gasteiger partial charge in [0.1, 0.15) is 6.54 Å². The van der Waals surface area contributed by atoms with Crippen molar-refractivity contribution in [2.45, 2.75) is 10.6 Å². The van der Waals surface area contributed by atoms with E-state index in [1.165, 1.54) is 17.7 Å². The molecule has 0 fully saturated rings. The Labute approximate surface area is 196 Å². The van der Waals surface area contributed by atoms with E-state index < -0.39 is 10.0 Å². The molecule has 0 saturated heterocycles. The highest BCUT2D eigenvalue weighted by Crippen LogP contribution is 2.23. The fourth-order valence-electron chi connectivity index (χ4n) is 2.85. The van der Waals surface area contributed by atoms with E-state index in [0.29, 0.717) is 12.2 Å². The maximum atomic E-state index is 13.2. The highest BCUT2D eigenvalue weighted by atomic mass is 79.9. The molecule has 0 aliphatic rings. The van der Waals surface area contributed by atoms with Gasteiger partial charge in [0.15, 0.2) is 0 Å². The summed E-state index contributed by atoms with van der Waals surface area (Å²) in [5, 5.41) is 2.83. The van der Waals surface area contributed by atoms with E-state index in [9.17, 15) is 13.2 Å². The summed E-state index contributed by atoms with van der Waals surface area (Å²) in [6.07, 6.45) is 0. The van der Waals surface area contributed by atoms with Crippen molar-refractivity contribution in [1.29, 1.82) is 0 Å². The SMILES string of the molecule is O=C(CN(c1ccccc1)S(=O)(=O)c1ccccc1)NCCSCc1ccc(Br)cc1. The van der Waals surface area contributed by atoms with Gasteiger partial charge in [-0.3, -0.25) is 9.10 Å². The molecule has 0 aromatic heterocycles. The lowest BCUT2D eigenvalue weighted by Gasteiger charge is -2.24. The molecule has 1 amide bonds. The van der Waals surface area contributed by atoms with Crippen molar-refractivity contribution in [3.8, 4) is 0 Å². The van der Waals surface area contributed by atoms with Crippen LogP contribution in [0.1, 0.15) is 5.56 Å². The molecule has 0 bridgehead atoms. The van der Waals surface area contributed by atoms with Crippen molar-refractivity contribution < 1.29 is 13.2 Å². The molecule has 0 saturated carbocycles. The summed E-state index contributed by atoms with van der Waals surface area (Å²) >= 11 is 5.13. The largest absolute Gasteiger partial charge is 0.354 e. The molecule has 0 aliphatic carbocycles. The third-order valence-corrected chi connectivity index (χ3v) is 7.76. The van der Waals surface area contributed by atoms with Gasteiger partial charge in [0.25, 0.3) is 10.0 Å². The molecule has 5 nitrogen and oxygen atoms in total. The van der Waals surface area contributed by atoms with Gasteiger partial charge >= 0.3 is 0 Å². The van der Waals surface area contributed by atoms with Crippen LogP contribution in [0.5, 0.6) is 0 Å². The summed E-state index contributed by atoms with van der Waals surface area (Å²) < 4.78 is 28.5. The Morgan fingerprint density at radius 1 is 0.903 bits per heavy atom. The normalized spacial score (nSPS) is 11.1. The number of amides is 1. The first kappa shape index (κ1) is 23.4. The van der Waals surface area contributed by atoms with Gasteiger partial charge in [-0.05, 0) is 42.0 Å². The number of carbonyl (C=O) groups is 1. The number of sulfonamides is 1. The molecule has 8 heteroatoms. The minimum Gasteiger partial charge on any atom is -0.354 e. The fraction of sp³-hybridized carbons (Fsp3) is 0.174. The molecular weight excluding hydrogens is 496 g/mol. The third-order valence-electron chi connectivity index (χ3n) is 4.41. The van der Waals surface area contributed by atoms with E-state index in [-0.39, 0.29) is 17.3 Å². The number of hydrogen-bond acceptors (Lipinski definition) is 4. The van der Waals surface area contributed by atoms with Gasteiger partial charge in [0.05, 0.1) is 10.6 Å². The molecule has 3 aromatic carbocycles. The van der Waals surface area contributed by atoms with E-state index in [2.05, 4.69) is 33.4 Å². The number of nitrogens with zero attached hydrogens (tertiary/aromatic N) is 1. The van der Waals surface area contributed by atoms with Crippen molar-refractivity contribution >= 4 is 49.3 Å². The van der Waals surface area contributed by atoms with Crippen LogP contribution in [-0.4, -0.2) is 33.2 Å². The lowest BCUT2D eigenvalue weighted by molar-refractivity contribution is -0.119. The van der Waals surface area contributed by atoms with E-state index in [1.54, 1.807) is 60.3 Å². The summed E-state index contributed by atoms with van der Waals surface area (Å²) in [6, 6.07) is 24.9. The third kappa shape index (κ3) is 6.85. The second kappa shape index (κ2) is 11.4. The average Bonchev–Trinajstić information content (AvgIpc) is 2.79. The molecule has 3 aromatic rings. The molecule has 3 rings (SSSR count). The van der Waals surface area contributed by atoms with Crippen LogP contribution < -0.4 is 9.62 Å². The van der Waals surface area contributed by atoms with Crippen LogP contribution in [0.25, 0.3) is 0 Å². The quantitative estimate of drug-likeness (QED) is 0.395. The number of hydrogen-bond donors (Lipinski definition) is 1. The van der Waals surface area contributed by atoms with Crippen LogP contribution in [0.2, 0.25) is 0 Å². The second-order valence-electron chi connectivity index (χ2n) is 6.69. The zero-order chi connectivity index (χ0) is 22.1. The van der Waals surface area contributed by atoms with E-state index in [4.69, 9.17) is 0 Å². The zero-order valence-corrected chi connectivity index (χ0v) is 20.0. The van der Waals surface area contributed by atoms with Crippen LogP contribution in [0, 0.1) is 0 Å².